The summed E-state index contributed by atoms with van der Waals surface area (Å²) in [6, 6.07) is 5.83. The molecule has 0 aliphatic heterocycles. The predicted octanol–water partition coefficient (Wildman–Crippen LogP) is 3.99. The Balaban J connectivity index is 2.28. The fourth-order valence-corrected chi connectivity index (χ4v) is 2.96. The van der Waals surface area contributed by atoms with Crippen LogP contribution in [0.2, 0.25) is 0 Å². The van der Waals surface area contributed by atoms with Crippen LogP contribution in [0.5, 0.6) is 0 Å². The average Bonchev–Trinajstić information content (AvgIpc) is 2.67. The molecule has 0 aromatic heterocycles. The van der Waals surface area contributed by atoms with Crippen LogP contribution in [-0.2, 0) is 0 Å². The van der Waals surface area contributed by atoms with Crippen LogP contribution < -0.4 is 0 Å². The summed E-state index contributed by atoms with van der Waals surface area (Å²) in [6.07, 6.45) is 7.44. The monoisotopic (exact) mass is 328 g/mol. The molecule has 1 atom stereocenters. The van der Waals surface area contributed by atoms with Gasteiger partial charge in [-0.25, -0.2) is 0 Å². The van der Waals surface area contributed by atoms with E-state index in [0.29, 0.717) is 0 Å². The molecule has 15 heavy (non-hydrogen) atoms. The molecule has 0 saturated heterocycles. The first kappa shape index (κ1) is 11.1. The van der Waals surface area contributed by atoms with E-state index >= 15 is 0 Å². The number of hydrogen-bond donors (Lipinski definition) is 1. The van der Waals surface area contributed by atoms with Gasteiger partial charge in [0.1, 0.15) is 0 Å². The molecule has 0 fully saturated rings. The van der Waals surface area contributed by atoms with Crippen molar-refractivity contribution in [1.29, 1.82) is 0 Å². The minimum atomic E-state index is -0.478. The molecule has 1 aliphatic rings. The molecule has 3 heteroatoms. The number of rotatable bonds is 2. The minimum absolute atomic E-state index is 0.0891. The lowest BCUT2D eigenvalue weighted by Crippen LogP contribution is -2.06. The molecular weight excluding hydrogens is 320 g/mol. The maximum absolute atomic E-state index is 10.1. The number of allylic oxidation sites excluding steroid dienone is 2. The molecule has 1 aromatic rings. The lowest BCUT2D eigenvalue weighted by Gasteiger charge is -2.15. The highest BCUT2D eigenvalue weighted by Crippen LogP contribution is 2.30. The van der Waals surface area contributed by atoms with Crippen LogP contribution in [-0.4, -0.2) is 5.11 Å². The highest BCUT2D eigenvalue weighted by atomic mass is 79.9. The van der Waals surface area contributed by atoms with Gasteiger partial charge in [0.15, 0.2) is 0 Å². The molecule has 1 unspecified atom stereocenters. The Hall–Kier alpha value is -0.380. The van der Waals surface area contributed by atoms with E-state index in [1.807, 2.05) is 42.5 Å². The van der Waals surface area contributed by atoms with Gasteiger partial charge in [0.05, 0.1) is 6.10 Å². The Morgan fingerprint density at radius 3 is 2.07 bits per heavy atom. The molecule has 0 saturated carbocycles. The molecule has 78 valence electrons. The number of hydrogen-bond acceptors (Lipinski definition) is 1. The molecule has 0 heterocycles. The van der Waals surface area contributed by atoms with Gasteiger partial charge in [-0.15, -0.1) is 0 Å². The molecule has 1 N–H and O–H groups in total. The largest absolute Gasteiger partial charge is 0.387 e. The highest BCUT2D eigenvalue weighted by molar-refractivity contribution is 9.11. The normalized spacial score (nSPS) is 17.3. The van der Waals surface area contributed by atoms with Gasteiger partial charge in [-0.2, -0.15) is 0 Å². The second-order valence-corrected chi connectivity index (χ2v) is 5.33. The molecule has 0 radical (unpaired) electrons. The first-order valence-corrected chi connectivity index (χ1v) is 6.24. The summed E-state index contributed by atoms with van der Waals surface area (Å²) in [4.78, 5) is 0. The summed E-state index contributed by atoms with van der Waals surface area (Å²) in [7, 11) is 0. The van der Waals surface area contributed by atoms with Crippen molar-refractivity contribution in [3.05, 3.63) is 57.0 Å². The van der Waals surface area contributed by atoms with Crippen molar-refractivity contribution in [2.24, 2.45) is 5.92 Å². The predicted molar refractivity (Wildman–Crippen MR) is 68.6 cm³/mol. The summed E-state index contributed by atoms with van der Waals surface area (Å²) in [5, 5.41) is 10.1. The van der Waals surface area contributed by atoms with E-state index in [1.165, 1.54) is 0 Å². The van der Waals surface area contributed by atoms with Crippen molar-refractivity contribution >= 4 is 31.9 Å². The van der Waals surface area contributed by atoms with Crippen LogP contribution in [0.25, 0.3) is 0 Å². The third-order valence-corrected chi connectivity index (χ3v) is 3.28. The molecule has 0 spiro atoms. The summed E-state index contributed by atoms with van der Waals surface area (Å²) >= 11 is 6.83. The second kappa shape index (κ2) is 4.64. The molecule has 0 bridgehead atoms. The fraction of sp³-hybridized carbons (Fsp3) is 0.167. The van der Waals surface area contributed by atoms with E-state index in [9.17, 15) is 5.11 Å². The van der Waals surface area contributed by atoms with Gasteiger partial charge in [-0.3, -0.25) is 0 Å². The Bertz CT molecular complexity index is 391. The van der Waals surface area contributed by atoms with Crippen LogP contribution in [0.4, 0.5) is 0 Å². The van der Waals surface area contributed by atoms with E-state index in [2.05, 4.69) is 31.9 Å². The molecular formula is C12H10Br2O. The Kier molecular flexibility index (Phi) is 3.44. The molecule has 1 nitrogen and oxygen atoms in total. The zero-order valence-corrected chi connectivity index (χ0v) is 11.1. The maximum Gasteiger partial charge on any atom is 0.0888 e. The first-order chi connectivity index (χ1) is 7.16. The van der Waals surface area contributed by atoms with Crippen LogP contribution in [0.3, 0.4) is 0 Å². The fourth-order valence-electron chi connectivity index (χ4n) is 1.63. The van der Waals surface area contributed by atoms with E-state index < -0.39 is 6.10 Å². The van der Waals surface area contributed by atoms with Crippen molar-refractivity contribution < 1.29 is 5.11 Å². The summed E-state index contributed by atoms with van der Waals surface area (Å²) in [5.74, 6) is 0.0891. The average molecular weight is 330 g/mol. The first-order valence-electron chi connectivity index (χ1n) is 4.66. The van der Waals surface area contributed by atoms with E-state index in [-0.39, 0.29) is 5.92 Å². The third-order valence-electron chi connectivity index (χ3n) is 2.37. The zero-order chi connectivity index (χ0) is 10.8. The van der Waals surface area contributed by atoms with Crippen LogP contribution in [0.1, 0.15) is 11.7 Å². The van der Waals surface area contributed by atoms with Gasteiger partial charge in [0.2, 0.25) is 0 Å². The number of halogens is 2. The topological polar surface area (TPSA) is 20.2 Å². The lowest BCUT2D eigenvalue weighted by atomic mass is 9.97. The van der Waals surface area contributed by atoms with E-state index in [0.717, 1.165) is 14.5 Å². The van der Waals surface area contributed by atoms with Gasteiger partial charge >= 0.3 is 0 Å². The second-order valence-electron chi connectivity index (χ2n) is 3.49. The van der Waals surface area contributed by atoms with Crippen LogP contribution >= 0.6 is 31.9 Å². The number of aliphatic hydroxyl groups is 1. The van der Waals surface area contributed by atoms with Crippen molar-refractivity contribution in [3.8, 4) is 0 Å². The van der Waals surface area contributed by atoms with Crippen LogP contribution in [0, 0.1) is 5.92 Å². The third kappa shape index (κ3) is 2.60. The van der Waals surface area contributed by atoms with Crippen molar-refractivity contribution in [1.82, 2.24) is 0 Å². The highest BCUT2D eigenvalue weighted by Gasteiger charge is 2.18. The summed E-state index contributed by atoms with van der Waals surface area (Å²) < 4.78 is 1.94. The smallest absolute Gasteiger partial charge is 0.0888 e. The van der Waals surface area contributed by atoms with E-state index in [1.54, 1.807) is 0 Å². The molecule has 0 amide bonds. The summed E-state index contributed by atoms with van der Waals surface area (Å²) in [6.45, 7) is 0. The standard InChI is InChI=1S/C12H10Br2O/c13-10-5-9(6-11(14)7-10)12(15)8-3-1-2-4-8/h1-8,12,15H. The van der Waals surface area contributed by atoms with Gasteiger partial charge in [0, 0.05) is 14.9 Å². The number of benzene rings is 1. The maximum atomic E-state index is 10.1. The SMILES string of the molecule is OC(c1cc(Br)cc(Br)c1)C1C=CC=C1. The van der Waals surface area contributed by atoms with Gasteiger partial charge in [-0.1, -0.05) is 56.2 Å². The van der Waals surface area contributed by atoms with Gasteiger partial charge in [0.25, 0.3) is 0 Å². The van der Waals surface area contributed by atoms with Gasteiger partial charge in [-0.05, 0) is 23.8 Å². The van der Waals surface area contributed by atoms with Gasteiger partial charge < -0.3 is 5.11 Å². The molecule has 1 aliphatic carbocycles. The lowest BCUT2D eigenvalue weighted by molar-refractivity contribution is 0.152. The Morgan fingerprint density at radius 1 is 1.00 bits per heavy atom. The summed E-state index contributed by atoms with van der Waals surface area (Å²) in [5.41, 5.74) is 0.914. The Labute approximate surface area is 106 Å². The zero-order valence-electron chi connectivity index (χ0n) is 7.90. The minimum Gasteiger partial charge on any atom is -0.387 e. The van der Waals surface area contributed by atoms with Crippen molar-refractivity contribution in [2.75, 3.05) is 0 Å². The van der Waals surface area contributed by atoms with Crippen molar-refractivity contribution in [3.63, 3.8) is 0 Å². The van der Waals surface area contributed by atoms with E-state index in [4.69, 9.17) is 0 Å². The Morgan fingerprint density at radius 2 is 1.53 bits per heavy atom. The van der Waals surface area contributed by atoms with Crippen LogP contribution in [0.15, 0.2) is 51.4 Å². The quantitative estimate of drug-likeness (QED) is 0.870. The molecule has 2 rings (SSSR count). The number of aliphatic hydroxyl groups excluding tert-OH is 1. The molecule has 1 aromatic carbocycles. The van der Waals surface area contributed by atoms with Crippen molar-refractivity contribution in [2.45, 2.75) is 6.10 Å².